The summed E-state index contributed by atoms with van der Waals surface area (Å²) in [7, 11) is 3.14. The van der Waals surface area contributed by atoms with Gasteiger partial charge in [-0.05, 0) is 48.4 Å². The van der Waals surface area contributed by atoms with E-state index in [4.69, 9.17) is 18.9 Å². The average molecular weight is 395 g/mol. The molecule has 0 aliphatic rings. The molecule has 128 valence electrons. The molecule has 0 aliphatic heterocycles. The molecular formula is C18H19BrO5. The van der Waals surface area contributed by atoms with Crippen molar-refractivity contribution >= 4 is 21.9 Å². The highest BCUT2D eigenvalue weighted by molar-refractivity contribution is 9.10. The summed E-state index contributed by atoms with van der Waals surface area (Å²) >= 11 is 3.35. The van der Waals surface area contributed by atoms with Crippen LogP contribution >= 0.6 is 15.9 Å². The summed E-state index contributed by atoms with van der Waals surface area (Å²) in [6, 6.07) is 10.9. The molecule has 0 bridgehead atoms. The van der Waals surface area contributed by atoms with Gasteiger partial charge in [0.25, 0.3) is 0 Å². The van der Waals surface area contributed by atoms with E-state index in [-0.39, 0.29) is 13.2 Å². The van der Waals surface area contributed by atoms with E-state index in [0.717, 1.165) is 15.6 Å². The van der Waals surface area contributed by atoms with Crippen LogP contribution < -0.4 is 14.2 Å². The van der Waals surface area contributed by atoms with E-state index in [1.807, 2.05) is 25.1 Å². The molecule has 0 unspecified atom stereocenters. The molecule has 0 amide bonds. The van der Waals surface area contributed by atoms with Crippen molar-refractivity contribution in [1.82, 2.24) is 0 Å². The van der Waals surface area contributed by atoms with Crippen LogP contribution in [0, 0.1) is 6.92 Å². The summed E-state index contributed by atoms with van der Waals surface area (Å²) in [4.78, 5) is 11.8. The Balaban J connectivity index is 1.92. The summed E-state index contributed by atoms with van der Waals surface area (Å²) in [6.07, 6.45) is 0. The second kappa shape index (κ2) is 8.59. The molecule has 24 heavy (non-hydrogen) atoms. The zero-order valence-corrected chi connectivity index (χ0v) is 15.4. The number of hydrogen-bond donors (Lipinski definition) is 0. The standard InChI is InChI=1S/C18H19BrO5/c1-12-7-16(21-2)17(22-3)8-13(12)10-24-18(20)11-23-15-6-4-5-14(19)9-15/h4-9H,10-11H2,1-3H3. The lowest BCUT2D eigenvalue weighted by Gasteiger charge is -2.13. The summed E-state index contributed by atoms with van der Waals surface area (Å²) in [5, 5.41) is 0. The van der Waals surface area contributed by atoms with Crippen molar-refractivity contribution in [3.8, 4) is 17.2 Å². The first kappa shape index (κ1) is 18.1. The van der Waals surface area contributed by atoms with Gasteiger partial charge in [0.2, 0.25) is 0 Å². The van der Waals surface area contributed by atoms with Crippen LogP contribution in [-0.4, -0.2) is 26.8 Å². The van der Waals surface area contributed by atoms with Crippen molar-refractivity contribution in [1.29, 1.82) is 0 Å². The molecule has 0 saturated carbocycles. The molecule has 0 aromatic heterocycles. The van der Waals surface area contributed by atoms with Gasteiger partial charge >= 0.3 is 5.97 Å². The highest BCUT2D eigenvalue weighted by atomic mass is 79.9. The first-order valence-corrected chi connectivity index (χ1v) is 8.08. The van der Waals surface area contributed by atoms with Crippen molar-refractivity contribution in [3.63, 3.8) is 0 Å². The van der Waals surface area contributed by atoms with Crippen LogP contribution in [0.1, 0.15) is 11.1 Å². The molecule has 0 heterocycles. The Morgan fingerprint density at radius 1 is 1.08 bits per heavy atom. The zero-order chi connectivity index (χ0) is 17.5. The maximum Gasteiger partial charge on any atom is 0.344 e. The number of esters is 1. The smallest absolute Gasteiger partial charge is 0.344 e. The number of benzene rings is 2. The molecule has 0 saturated heterocycles. The number of aryl methyl sites for hydroxylation is 1. The zero-order valence-electron chi connectivity index (χ0n) is 13.8. The van der Waals surface area contributed by atoms with Gasteiger partial charge in [-0.1, -0.05) is 22.0 Å². The summed E-state index contributed by atoms with van der Waals surface area (Å²) in [6.45, 7) is 1.92. The van der Waals surface area contributed by atoms with Crippen LogP contribution in [0.5, 0.6) is 17.2 Å². The van der Waals surface area contributed by atoms with Crippen LogP contribution in [0.15, 0.2) is 40.9 Å². The van der Waals surface area contributed by atoms with Crippen LogP contribution in [-0.2, 0) is 16.1 Å². The number of carbonyl (C=O) groups excluding carboxylic acids is 1. The molecular weight excluding hydrogens is 376 g/mol. The SMILES string of the molecule is COc1cc(C)c(COC(=O)COc2cccc(Br)c2)cc1OC. The van der Waals surface area contributed by atoms with Crippen molar-refractivity contribution in [2.24, 2.45) is 0 Å². The Morgan fingerprint density at radius 2 is 1.79 bits per heavy atom. The normalized spacial score (nSPS) is 10.2. The van der Waals surface area contributed by atoms with Gasteiger partial charge in [-0.15, -0.1) is 0 Å². The molecule has 0 N–H and O–H groups in total. The predicted molar refractivity (Wildman–Crippen MR) is 93.7 cm³/mol. The monoisotopic (exact) mass is 394 g/mol. The number of halogens is 1. The molecule has 2 aromatic rings. The van der Waals surface area contributed by atoms with Crippen molar-refractivity contribution in [2.75, 3.05) is 20.8 Å². The van der Waals surface area contributed by atoms with E-state index in [1.54, 1.807) is 32.4 Å². The number of rotatable bonds is 7. The molecule has 0 radical (unpaired) electrons. The van der Waals surface area contributed by atoms with Crippen LogP contribution in [0.2, 0.25) is 0 Å². The Hall–Kier alpha value is -2.21. The fourth-order valence-electron chi connectivity index (χ4n) is 2.08. The molecule has 0 spiro atoms. The summed E-state index contributed by atoms with van der Waals surface area (Å²) in [5.74, 6) is 1.40. The summed E-state index contributed by atoms with van der Waals surface area (Å²) < 4.78 is 22.0. The molecule has 0 aliphatic carbocycles. The van der Waals surface area contributed by atoms with Crippen LogP contribution in [0.3, 0.4) is 0 Å². The number of methoxy groups -OCH3 is 2. The van der Waals surface area contributed by atoms with E-state index in [9.17, 15) is 4.79 Å². The first-order chi connectivity index (χ1) is 11.5. The Morgan fingerprint density at radius 3 is 2.46 bits per heavy atom. The number of ether oxygens (including phenoxy) is 4. The second-order valence-corrected chi connectivity index (χ2v) is 5.96. The largest absolute Gasteiger partial charge is 0.493 e. The van der Waals surface area contributed by atoms with Crippen LogP contribution in [0.4, 0.5) is 0 Å². The Labute approximate surface area is 149 Å². The Kier molecular flexibility index (Phi) is 6.49. The van der Waals surface area contributed by atoms with E-state index < -0.39 is 5.97 Å². The van der Waals surface area contributed by atoms with Gasteiger partial charge in [0.1, 0.15) is 12.4 Å². The summed E-state index contributed by atoms with van der Waals surface area (Å²) in [5.41, 5.74) is 1.80. The fraction of sp³-hybridized carbons (Fsp3) is 0.278. The highest BCUT2D eigenvalue weighted by Crippen LogP contribution is 2.30. The first-order valence-electron chi connectivity index (χ1n) is 7.29. The number of carbonyl (C=O) groups is 1. The third-order valence-electron chi connectivity index (χ3n) is 3.38. The lowest BCUT2D eigenvalue weighted by Crippen LogP contribution is -2.15. The van der Waals surface area contributed by atoms with Crippen LogP contribution in [0.25, 0.3) is 0 Å². The van der Waals surface area contributed by atoms with Gasteiger partial charge in [0.05, 0.1) is 14.2 Å². The van der Waals surface area contributed by atoms with Crippen molar-refractivity contribution in [2.45, 2.75) is 13.5 Å². The second-order valence-electron chi connectivity index (χ2n) is 5.04. The van der Waals surface area contributed by atoms with Gasteiger partial charge in [0, 0.05) is 4.47 Å². The molecule has 0 atom stereocenters. The van der Waals surface area contributed by atoms with Crippen molar-refractivity contribution < 1.29 is 23.7 Å². The van der Waals surface area contributed by atoms with E-state index in [1.165, 1.54) is 0 Å². The topological polar surface area (TPSA) is 54.0 Å². The van der Waals surface area contributed by atoms with Gasteiger partial charge in [-0.2, -0.15) is 0 Å². The predicted octanol–water partition coefficient (Wildman–Crippen LogP) is 3.90. The Bertz CT molecular complexity index is 715. The molecule has 2 aromatic carbocycles. The molecule has 5 nitrogen and oxygen atoms in total. The van der Waals surface area contributed by atoms with Gasteiger partial charge in [0.15, 0.2) is 18.1 Å². The van der Waals surface area contributed by atoms with Gasteiger partial charge in [-0.3, -0.25) is 0 Å². The van der Waals surface area contributed by atoms with E-state index in [0.29, 0.717) is 17.2 Å². The minimum Gasteiger partial charge on any atom is -0.493 e. The van der Waals surface area contributed by atoms with E-state index in [2.05, 4.69) is 15.9 Å². The molecule has 2 rings (SSSR count). The minimum absolute atomic E-state index is 0.146. The average Bonchev–Trinajstić information content (AvgIpc) is 2.58. The maximum absolute atomic E-state index is 11.8. The van der Waals surface area contributed by atoms with Gasteiger partial charge in [-0.25, -0.2) is 4.79 Å². The number of hydrogen-bond acceptors (Lipinski definition) is 5. The minimum atomic E-state index is -0.441. The lowest BCUT2D eigenvalue weighted by atomic mass is 10.1. The third kappa shape index (κ3) is 4.89. The highest BCUT2D eigenvalue weighted by Gasteiger charge is 2.11. The fourth-order valence-corrected chi connectivity index (χ4v) is 2.46. The van der Waals surface area contributed by atoms with Crippen molar-refractivity contribution in [3.05, 3.63) is 52.0 Å². The molecule has 0 fully saturated rings. The van der Waals surface area contributed by atoms with E-state index >= 15 is 0 Å². The maximum atomic E-state index is 11.8. The van der Waals surface area contributed by atoms with Gasteiger partial charge < -0.3 is 18.9 Å². The molecule has 6 heteroatoms. The third-order valence-corrected chi connectivity index (χ3v) is 3.88. The quantitative estimate of drug-likeness (QED) is 0.666. The lowest BCUT2D eigenvalue weighted by molar-refractivity contribution is -0.147.